The first kappa shape index (κ1) is 14.9. The van der Waals surface area contributed by atoms with Crippen molar-refractivity contribution >= 4 is 5.91 Å². The molecule has 1 heterocycles. The minimum atomic E-state index is -0.616. The molecule has 1 amide bonds. The van der Waals surface area contributed by atoms with Gasteiger partial charge in [0.2, 0.25) is 5.91 Å². The smallest absolute Gasteiger partial charge is 0.240 e. The van der Waals surface area contributed by atoms with Crippen molar-refractivity contribution in [1.82, 2.24) is 10.2 Å². The first-order valence-corrected chi connectivity index (χ1v) is 6.91. The number of likely N-dealkylation sites (N-methyl/N-ethyl adjacent to an activating group) is 1. The van der Waals surface area contributed by atoms with E-state index in [9.17, 15) is 13.6 Å². The molecule has 1 aromatic carbocycles. The number of benzene rings is 1. The van der Waals surface area contributed by atoms with Crippen LogP contribution >= 0.6 is 0 Å². The molecule has 1 fully saturated rings. The first-order valence-electron chi connectivity index (χ1n) is 6.91. The minimum Gasteiger partial charge on any atom is -0.340 e. The van der Waals surface area contributed by atoms with Crippen molar-refractivity contribution in [2.24, 2.45) is 5.92 Å². The number of amides is 1. The van der Waals surface area contributed by atoms with Crippen LogP contribution in [-0.4, -0.2) is 30.4 Å². The molecule has 0 saturated carbocycles. The van der Waals surface area contributed by atoms with E-state index in [2.05, 4.69) is 5.32 Å². The second-order valence-corrected chi connectivity index (χ2v) is 5.48. The molecule has 110 valence electrons. The van der Waals surface area contributed by atoms with E-state index in [0.29, 0.717) is 5.56 Å². The predicted octanol–water partition coefficient (Wildman–Crippen LogP) is 2.31. The fourth-order valence-corrected chi connectivity index (χ4v) is 2.60. The normalized spacial score (nSPS) is 22.6. The number of rotatable bonds is 3. The molecule has 2 unspecified atom stereocenters. The Kier molecular flexibility index (Phi) is 4.70. The lowest BCUT2D eigenvalue weighted by atomic mass is 9.92. The first-order chi connectivity index (χ1) is 9.49. The second-order valence-electron chi connectivity index (χ2n) is 5.48. The van der Waals surface area contributed by atoms with Gasteiger partial charge in [0.15, 0.2) is 0 Å². The molecule has 5 heteroatoms. The summed E-state index contributed by atoms with van der Waals surface area (Å²) in [4.78, 5) is 13.9. The SMILES string of the molecule is CC1CCCNC1C(=O)N(C)Cc1ccc(F)cc1F. The van der Waals surface area contributed by atoms with Crippen molar-refractivity contribution in [3.05, 3.63) is 35.4 Å². The average molecular weight is 282 g/mol. The molecule has 1 saturated heterocycles. The summed E-state index contributed by atoms with van der Waals surface area (Å²) in [6, 6.07) is 3.22. The van der Waals surface area contributed by atoms with Crippen LogP contribution in [0, 0.1) is 17.6 Å². The number of carbonyl (C=O) groups excluding carboxylic acids is 1. The van der Waals surface area contributed by atoms with E-state index < -0.39 is 11.6 Å². The van der Waals surface area contributed by atoms with Gasteiger partial charge in [0.05, 0.1) is 6.04 Å². The lowest BCUT2D eigenvalue weighted by Gasteiger charge is -2.32. The maximum atomic E-state index is 13.6. The van der Waals surface area contributed by atoms with Gasteiger partial charge in [0, 0.05) is 25.2 Å². The quantitative estimate of drug-likeness (QED) is 0.922. The summed E-state index contributed by atoms with van der Waals surface area (Å²) in [5.41, 5.74) is 0.325. The summed E-state index contributed by atoms with van der Waals surface area (Å²) in [5.74, 6) is -0.991. The fourth-order valence-electron chi connectivity index (χ4n) is 2.60. The lowest BCUT2D eigenvalue weighted by Crippen LogP contribution is -2.51. The van der Waals surface area contributed by atoms with Crippen molar-refractivity contribution in [1.29, 1.82) is 0 Å². The van der Waals surface area contributed by atoms with Crippen LogP contribution < -0.4 is 5.32 Å². The Balaban J connectivity index is 2.03. The molecule has 20 heavy (non-hydrogen) atoms. The molecule has 0 aromatic heterocycles. The predicted molar refractivity (Wildman–Crippen MR) is 73.0 cm³/mol. The Labute approximate surface area is 118 Å². The van der Waals surface area contributed by atoms with Gasteiger partial charge >= 0.3 is 0 Å². The molecule has 0 bridgehead atoms. The molecular formula is C15H20F2N2O. The van der Waals surface area contributed by atoms with Crippen LogP contribution in [-0.2, 0) is 11.3 Å². The van der Waals surface area contributed by atoms with Crippen LogP contribution in [0.1, 0.15) is 25.3 Å². The summed E-state index contributed by atoms with van der Waals surface area (Å²) in [7, 11) is 1.65. The van der Waals surface area contributed by atoms with Gasteiger partial charge in [-0.1, -0.05) is 13.0 Å². The Bertz CT molecular complexity index is 493. The highest BCUT2D eigenvalue weighted by molar-refractivity contribution is 5.82. The molecule has 0 aliphatic carbocycles. The van der Waals surface area contributed by atoms with Gasteiger partial charge in [-0.25, -0.2) is 8.78 Å². The van der Waals surface area contributed by atoms with E-state index in [0.717, 1.165) is 25.5 Å². The van der Waals surface area contributed by atoms with Crippen LogP contribution in [0.2, 0.25) is 0 Å². The highest BCUT2D eigenvalue weighted by atomic mass is 19.1. The molecule has 1 aromatic rings. The lowest BCUT2D eigenvalue weighted by molar-refractivity contribution is -0.134. The Morgan fingerprint density at radius 1 is 1.45 bits per heavy atom. The molecule has 1 N–H and O–H groups in total. The summed E-state index contributed by atoms with van der Waals surface area (Å²) in [6.07, 6.45) is 2.09. The largest absolute Gasteiger partial charge is 0.340 e. The molecule has 2 atom stereocenters. The van der Waals surface area contributed by atoms with E-state index in [1.165, 1.54) is 17.0 Å². The highest BCUT2D eigenvalue weighted by Gasteiger charge is 2.29. The van der Waals surface area contributed by atoms with Crippen molar-refractivity contribution < 1.29 is 13.6 Å². The van der Waals surface area contributed by atoms with Crippen molar-refractivity contribution in [2.75, 3.05) is 13.6 Å². The van der Waals surface area contributed by atoms with E-state index in [1.807, 2.05) is 6.92 Å². The van der Waals surface area contributed by atoms with E-state index >= 15 is 0 Å². The summed E-state index contributed by atoms with van der Waals surface area (Å²) in [5, 5.41) is 3.21. The standard InChI is InChI=1S/C15H20F2N2O/c1-10-4-3-7-18-14(10)15(20)19(2)9-11-5-6-12(16)8-13(11)17/h5-6,8,10,14,18H,3-4,7,9H2,1-2H3. The number of carbonyl (C=O) groups is 1. The van der Waals surface area contributed by atoms with Crippen molar-refractivity contribution in [3.8, 4) is 0 Å². The monoisotopic (exact) mass is 282 g/mol. The van der Waals surface area contributed by atoms with Gasteiger partial charge < -0.3 is 10.2 Å². The van der Waals surface area contributed by atoms with Crippen LogP contribution in [0.15, 0.2) is 18.2 Å². The molecule has 0 spiro atoms. The van der Waals surface area contributed by atoms with Gasteiger partial charge in [0.25, 0.3) is 0 Å². The van der Waals surface area contributed by atoms with E-state index in [-0.39, 0.29) is 24.4 Å². The maximum absolute atomic E-state index is 13.6. The highest BCUT2D eigenvalue weighted by Crippen LogP contribution is 2.18. The topological polar surface area (TPSA) is 32.3 Å². The average Bonchev–Trinajstić information content (AvgIpc) is 2.41. The van der Waals surface area contributed by atoms with Crippen molar-refractivity contribution in [2.45, 2.75) is 32.4 Å². The Morgan fingerprint density at radius 2 is 2.20 bits per heavy atom. The van der Waals surface area contributed by atoms with Crippen LogP contribution in [0.3, 0.4) is 0 Å². The van der Waals surface area contributed by atoms with E-state index in [4.69, 9.17) is 0 Å². The summed E-state index contributed by atoms with van der Waals surface area (Å²) < 4.78 is 26.5. The van der Waals surface area contributed by atoms with Gasteiger partial charge in [0.1, 0.15) is 11.6 Å². The third-order valence-electron chi connectivity index (χ3n) is 3.83. The molecular weight excluding hydrogens is 262 g/mol. The fraction of sp³-hybridized carbons (Fsp3) is 0.533. The molecule has 2 rings (SSSR count). The number of hydrogen-bond acceptors (Lipinski definition) is 2. The second kappa shape index (κ2) is 6.31. The molecule has 1 aliphatic heterocycles. The Hall–Kier alpha value is -1.49. The van der Waals surface area contributed by atoms with Crippen LogP contribution in [0.5, 0.6) is 0 Å². The molecule has 3 nitrogen and oxygen atoms in total. The van der Waals surface area contributed by atoms with Crippen LogP contribution in [0.25, 0.3) is 0 Å². The van der Waals surface area contributed by atoms with Crippen LogP contribution in [0.4, 0.5) is 8.78 Å². The van der Waals surface area contributed by atoms with Gasteiger partial charge in [-0.2, -0.15) is 0 Å². The maximum Gasteiger partial charge on any atom is 0.240 e. The third kappa shape index (κ3) is 3.33. The minimum absolute atomic E-state index is 0.0408. The van der Waals surface area contributed by atoms with Crippen molar-refractivity contribution in [3.63, 3.8) is 0 Å². The van der Waals surface area contributed by atoms with E-state index in [1.54, 1.807) is 7.05 Å². The number of halogens is 2. The number of piperidine rings is 1. The molecule has 0 radical (unpaired) electrons. The zero-order chi connectivity index (χ0) is 14.7. The van der Waals surface area contributed by atoms with Gasteiger partial charge in [-0.15, -0.1) is 0 Å². The third-order valence-corrected chi connectivity index (χ3v) is 3.83. The number of hydrogen-bond donors (Lipinski definition) is 1. The Morgan fingerprint density at radius 3 is 2.85 bits per heavy atom. The van der Waals surface area contributed by atoms with Gasteiger partial charge in [-0.05, 0) is 31.4 Å². The number of nitrogens with zero attached hydrogens (tertiary/aromatic N) is 1. The summed E-state index contributed by atoms with van der Waals surface area (Å²) >= 11 is 0. The zero-order valence-corrected chi connectivity index (χ0v) is 11.8. The number of nitrogens with one attached hydrogen (secondary N) is 1. The molecule has 1 aliphatic rings. The van der Waals surface area contributed by atoms with Gasteiger partial charge in [-0.3, -0.25) is 4.79 Å². The summed E-state index contributed by atoms with van der Waals surface area (Å²) in [6.45, 7) is 3.02. The zero-order valence-electron chi connectivity index (χ0n) is 11.8.